The van der Waals surface area contributed by atoms with Crippen LogP contribution in [0.2, 0.25) is 0 Å². The van der Waals surface area contributed by atoms with Crippen LogP contribution in [0.25, 0.3) is 0 Å². The monoisotopic (exact) mass is 729 g/mol. The van der Waals surface area contributed by atoms with Gasteiger partial charge < -0.3 is 29.2 Å². The maximum Gasteiger partial charge on any atom is 0.306 e. The molecule has 2 unspecified atom stereocenters. The van der Waals surface area contributed by atoms with Gasteiger partial charge in [0.25, 0.3) is 0 Å². The van der Waals surface area contributed by atoms with Crippen molar-refractivity contribution in [2.24, 2.45) is 5.41 Å². The molecular weight excluding hydrogens is 652 g/mol. The second kappa shape index (κ2) is 33.6. The number of aliphatic hydroxyl groups is 2. The average molecular weight is 729 g/mol. The highest BCUT2D eigenvalue weighted by molar-refractivity contribution is 5.70. The van der Waals surface area contributed by atoms with E-state index in [2.05, 4.69) is 13.8 Å². The molecule has 0 saturated heterocycles. The van der Waals surface area contributed by atoms with Crippen molar-refractivity contribution >= 4 is 23.9 Å². The van der Waals surface area contributed by atoms with Gasteiger partial charge in [-0.15, -0.1) is 0 Å². The summed E-state index contributed by atoms with van der Waals surface area (Å²) in [5, 5.41) is 19.8. The van der Waals surface area contributed by atoms with Crippen molar-refractivity contribution in [2.45, 2.75) is 207 Å². The van der Waals surface area contributed by atoms with Crippen LogP contribution in [0.15, 0.2) is 0 Å². The molecule has 0 aromatic rings. The van der Waals surface area contributed by atoms with E-state index in [1.807, 2.05) is 13.8 Å². The van der Waals surface area contributed by atoms with Gasteiger partial charge in [0.2, 0.25) is 0 Å². The van der Waals surface area contributed by atoms with E-state index in [1.165, 1.54) is 64.2 Å². The Bertz CT molecular complexity index is 807. The van der Waals surface area contributed by atoms with Crippen LogP contribution >= 0.6 is 0 Å². The molecule has 0 saturated carbocycles. The van der Waals surface area contributed by atoms with Crippen LogP contribution < -0.4 is 0 Å². The Morgan fingerprint density at radius 2 is 0.745 bits per heavy atom. The minimum absolute atomic E-state index is 0.0553. The molecular formula is C41H76O10. The standard InChI is InChI=1S/C41H76O10/c1-5-7-9-11-13-19-25-35(3)50-39(46)29-23-17-15-21-27-37(44)48-33-41(31-42,32-43)34-49-38(45)28-22-16-18-24-30-40(47)51-36(4)26-20-14-12-10-8-6-2/h35-36,42-43H,5-34H2,1-4H3. The fraction of sp³-hybridized carbons (Fsp3) is 0.902. The van der Waals surface area contributed by atoms with Gasteiger partial charge in [-0.25, -0.2) is 0 Å². The Labute approximate surface area is 310 Å². The molecule has 0 fully saturated rings. The molecule has 0 radical (unpaired) electrons. The summed E-state index contributed by atoms with van der Waals surface area (Å²) in [5.41, 5.74) is -1.27. The first kappa shape index (κ1) is 48.8. The first-order valence-corrected chi connectivity index (χ1v) is 20.5. The number of rotatable bonds is 36. The smallest absolute Gasteiger partial charge is 0.306 e. The van der Waals surface area contributed by atoms with Crippen LogP contribution in [0.4, 0.5) is 0 Å². The van der Waals surface area contributed by atoms with Gasteiger partial charge in [-0.05, 0) is 65.2 Å². The lowest BCUT2D eigenvalue weighted by molar-refractivity contribution is -0.159. The fourth-order valence-corrected chi connectivity index (χ4v) is 5.78. The minimum atomic E-state index is -1.27. The third kappa shape index (κ3) is 30.0. The largest absolute Gasteiger partial charge is 0.465 e. The van der Waals surface area contributed by atoms with Gasteiger partial charge in [0.05, 0.1) is 30.8 Å². The predicted octanol–water partition coefficient (Wildman–Crippen LogP) is 9.09. The van der Waals surface area contributed by atoms with Crippen molar-refractivity contribution in [3.63, 3.8) is 0 Å². The molecule has 0 heterocycles. The van der Waals surface area contributed by atoms with Crippen molar-refractivity contribution in [2.75, 3.05) is 26.4 Å². The summed E-state index contributed by atoms with van der Waals surface area (Å²) in [5.74, 6) is -1.25. The molecule has 10 nitrogen and oxygen atoms in total. The van der Waals surface area contributed by atoms with Gasteiger partial charge in [-0.3, -0.25) is 19.2 Å². The summed E-state index contributed by atoms with van der Waals surface area (Å²) >= 11 is 0. The van der Waals surface area contributed by atoms with Gasteiger partial charge in [0.15, 0.2) is 0 Å². The quantitative estimate of drug-likeness (QED) is 0.0364. The topological polar surface area (TPSA) is 146 Å². The third-order valence-corrected chi connectivity index (χ3v) is 9.37. The molecule has 0 spiro atoms. The van der Waals surface area contributed by atoms with Gasteiger partial charge in [0, 0.05) is 25.7 Å². The summed E-state index contributed by atoms with van der Waals surface area (Å²) in [6.07, 6.45) is 23.1. The zero-order chi connectivity index (χ0) is 38.0. The van der Waals surface area contributed by atoms with Crippen LogP contribution in [0.5, 0.6) is 0 Å². The van der Waals surface area contributed by atoms with Crippen molar-refractivity contribution in [3.8, 4) is 0 Å². The highest BCUT2D eigenvalue weighted by Crippen LogP contribution is 2.19. The summed E-state index contributed by atoms with van der Waals surface area (Å²) in [6.45, 7) is 6.77. The number of esters is 4. The number of aliphatic hydroxyl groups excluding tert-OH is 2. The maximum absolute atomic E-state index is 12.3. The molecule has 51 heavy (non-hydrogen) atoms. The Hall–Kier alpha value is -2.20. The molecule has 300 valence electrons. The predicted molar refractivity (Wildman–Crippen MR) is 201 cm³/mol. The normalized spacial score (nSPS) is 12.7. The van der Waals surface area contributed by atoms with Gasteiger partial charge in [-0.1, -0.05) is 104 Å². The molecule has 2 atom stereocenters. The van der Waals surface area contributed by atoms with E-state index in [0.29, 0.717) is 38.5 Å². The number of carbonyl (C=O) groups excluding carboxylic acids is 4. The van der Waals surface area contributed by atoms with Crippen LogP contribution in [0.1, 0.15) is 195 Å². The SMILES string of the molecule is CCCCCCCCC(C)OC(=O)CCCCCCC(=O)OCC(CO)(CO)COC(=O)CCCCCCC(=O)OC(C)CCCCCCCC. The zero-order valence-electron chi connectivity index (χ0n) is 33.0. The van der Waals surface area contributed by atoms with E-state index in [0.717, 1.165) is 51.4 Å². The Morgan fingerprint density at radius 1 is 0.451 bits per heavy atom. The van der Waals surface area contributed by atoms with E-state index >= 15 is 0 Å². The summed E-state index contributed by atoms with van der Waals surface area (Å²) in [6, 6.07) is 0. The molecule has 0 aliphatic heterocycles. The molecule has 0 aromatic carbocycles. The van der Waals surface area contributed by atoms with E-state index in [4.69, 9.17) is 18.9 Å². The van der Waals surface area contributed by atoms with E-state index in [-0.39, 0.29) is 50.2 Å². The van der Waals surface area contributed by atoms with Crippen LogP contribution in [0, 0.1) is 5.41 Å². The molecule has 0 amide bonds. The number of hydrogen-bond acceptors (Lipinski definition) is 10. The van der Waals surface area contributed by atoms with E-state index in [9.17, 15) is 29.4 Å². The highest BCUT2D eigenvalue weighted by atomic mass is 16.6. The summed E-state index contributed by atoms with van der Waals surface area (Å²) in [7, 11) is 0. The molecule has 0 aliphatic rings. The summed E-state index contributed by atoms with van der Waals surface area (Å²) < 4.78 is 21.6. The number of carbonyl (C=O) groups is 4. The molecule has 0 aliphatic carbocycles. The molecule has 0 aromatic heterocycles. The highest BCUT2D eigenvalue weighted by Gasteiger charge is 2.33. The fourth-order valence-electron chi connectivity index (χ4n) is 5.78. The maximum atomic E-state index is 12.3. The zero-order valence-corrected chi connectivity index (χ0v) is 33.0. The third-order valence-electron chi connectivity index (χ3n) is 9.37. The van der Waals surface area contributed by atoms with Crippen molar-refractivity contribution in [1.82, 2.24) is 0 Å². The van der Waals surface area contributed by atoms with Crippen LogP contribution in [-0.2, 0) is 38.1 Å². The van der Waals surface area contributed by atoms with Crippen molar-refractivity contribution in [3.05, 3.63) is 0 Å². The molecule has 10 heteroatoms. The van der Waals surface area contributed by atoms with Gasteiger partial charge >= 0.3 is 23.9 Å². The van der Waals surface area contributed by atoms with E-state index < -0.39 is 30.6 Å². The van der Waals surface area contributed by atoms with E-state index in [1.54, 1.807) is 0 Å². The summed E-state index contributed by atoms with van der Waals surface area (Å²) in [4.78, 5) is 48.8. The van der Waals surface area contributed by atoms with Gasteiger partial charge in [0.1, 0.15) is 13.2 Å². The van der Waals surface area contributed by atoms with Gasteiger partial charge in [-0.2, -0.15) is 0 Å². The molecule has 0 bridgehead atoms. The van der Waals surface area contributed by atoms with Crippen LogP contribution in [-0.4, -0.2) is 72.7 Å². The number of ether oxygens (including phenoxy) is 4. The average Bonchev–Trinajstić information content (AvgIpc) is 3.11. The first-order chi connectivity index (χ1) is 24.6. The Balaban J connectivity index is 3.99. The van der Waals surface area contributed by atoms with Crippen LogP contribution in [0.3, 0.4) is 0 Å². The number of unbranched alkanes of at least 4 members (excludes halogenated alkanes) is 16. The lowest BCUT2D eigenvalue weighted by atomic mass is 9.92. The second-order valence-electron chi connectivity index (χ2n) is 14.7. The van der Waals surface area contributed by atoms with Crippen molar-refractivity contribution < 1.29 is 48.3 Å². The minimum Gasteiger partial charge on any atom is -0.465 e. The second-order valence-corrected chi connectivity index (χ2v) is 14.7. The number of hydrogen-bond donors (Lipinski definition) is 2. The molecule has 2 N–H and O–H groups in total. The lowest BCUT2D eigenvalue weighted by Crippen LogP contribution is -2.41. The Morgan fingerprint density at radius 3 is 1.08 bits per heavy atom. The molecule has 0 rings (SSSR count). The Kier molecular flexibility index (Phi) is 32.2. The first-order valence-electron chi connectivity index (χ1n) is 20.5. The lowest BCUT2D eigenvalue weighted by Gasteiger charge is -2.28. The van der Waals surface area contributed by atoms with Crippen molar-refractivity contribution in [1.29, 1.82) is 0 Å².